The molecule has 0 bridgehead atoms. The van der Waals surface area contributed by atoms with E-state index in [9.17, 15) is 0 Å². The van der Waals surface area contributed by atoms with E-state index in [4.69, 9.17) is 0 Å². The third kappa shape index (κ3) is 15.0. The second kappa shape index (κ2) is 17.2. The van der Waals surface area contributed by atoms with E-state index in [-0.39, 0.29) is 50.1 Å². The van der Waals surface area contributed by atoms with Crippen molar-refractivity contribution in [1.82, 2.24) is 0 Å². The molecular weight excluding hydrogens is 342 g/mol. The molecule has 1 aromatic carbocycles. The van der Waals surface area contributed by atoms with Crippen LogP contribution in [0.4, 0.5) is 0 Å². The molecule has 0 aliphatic rings. The fourth-order valence-corrected chi connectivity index (χ4v) is 3.18. The van der Waals surface area contributed by atoms with Crippen LogP contribution in [-0.4, -0.2) is 62.9 Å². The van der Waals surface area contributed by atoms with Crippen molar-refractivity contribution >= 4 is 50.1 Å². The number of benzene rings is 1. The number of hydrogen-bond donors (Lipinski definition) is 0. The summed E-state index contributed by atoms with van der Waals surface area (Å²) in [6.45, 7) is 4.74. The van der Waals surface area contributed by atoms with Crippen LogP contribution in [0.3, 0.4) is 0 Å². The molecule has 0 fully saturated rings. The largest absolute Gasteiger partial charge is 2.00 e. The summed E-state index contributed by atoms with van der Waals surface area (Å²) >= 11 is 0. The molecule has 0 aliphatic heterocycles. The predicted octanol–water partition coefficient (Wildman–Crippen LogP) is 6.22. The van der Waals surface area contributed by atoms with Crippen LogP contribution in [-0.2, 0) is 6.54 Å². The van der Waals surface area contributed by atoms with Gasteiger partial charge in [-0.3, -0.25) is 0 Å². The monoisotopic (exact) mass is 380 g/mol. The fraction of sp³-hybridized carbons (Fsp3) is 0.714. The summed E-state index contributed by atoms with van der Waals surface area (Å²) in [5, 5.41) is 0. The molecule has 0 atom stereocenters. The zero-order valence-electron chi connectivity index (χ0n) is 16.4. The van der Waals surface area contributed by atoms with Crippen LogP contribution in [0.25, 0.3) is 0 Å². The quantitative estimate of drug-likeness (QED) is 0.216. The van der Waals surface area contributed by atoms with Crippen LogP contribution in [0.2, 0.25) is 0 Å². The Morgan fingerprint density at radius 3 is 1.67 bits per heavy atom. The Hall–Kier alpha value is 0.730. The van der Waals surface area contributed by atoms with Crippen LogP contribution in [0.5, 0.6) is 0 Å². The number of nitrogens with zero attached hydrogens (tertiary/aromatic N) is 1. The Kier molecular flexibility index (Phi) is 19.3. The van der Waals surface area contributed by atoms with Gasteiger partial charge in [0.15, 0.2) is 0 Å². The molecule has 1 nitrogen and oxygen atoms in total. The van der Waals surface area contributed by atoms with Crippen molar-refractivity contribution in [2.45, 2.75) is 77.7 Å². The number of quaternary nitrogens is 1. The van der Waals surface area contributed by atoms with E-state index in [1.165, 1.54) is 76.3 Å². The average molecular weight is 381 g/mol. The molecule has 3 heteroatoms. The average Bonchev–Trinajstić information content (AvgIpc) is 2.49. The molecule has 24 heavy (non-hydrogen) atoms. The third-order valence-electron chi connectivity index (χ3n) is 4.57. The molecule has 0 aromatic heterocycles. The molecule has 0 N–H and O–H groups in total. The summed E-state index contributed by atoms with van der Waals surface area (Å²) in [6.07, 6.45) is 14.2. The van der Waals surface area contributed by atoms with Gasteiger partial charge in [-0.25, -0.2) is 0 Å². The molecule has 0 spiro atoms. The molecule has 0 radical (unpaired) electrons. The summed E-state index contributed by atoms with van der Waals surface area (Å²) in [6, 6.07) is 10.9. The van der Waals surface area contributed by atoms with Crippen LogP contribution >= 0.6 is 12.4 Å². The molecular formula is C21H39CaClN+3. The molecule has 1 rings (SSSR count). The minimum atomic E-state index is 0. The van der Waals surface area contributed by atoms with Gasteiger partial charge in [-0.2, -0.15) is 0 Å². The first kappa shape index (κ1) is 27.0. The molecule has 0 aliphatic carbocycles. The van der Waals surface area contributed by atoms with Crippen molar-refractivity contribution in [2.24, 2.45) is 0 Å². The van der Waals surface area contributed by atoms with E-state index in [1.807, 2.05) is 0 Å². The summed E-state index contributed by atoms with van der Waals surface area (Å²) in [5.74, 6) is 0. The van der Waals surface area contributed by atoms with E-state index in [2.05, 4.69) is 51.4 Å². The molecule has 0 unspecified atom stereocenters. The van der Waals surface area contributed by atoms with E-state index in [0.29, 0.717) is 0 Å². The Morgan fingerprint density at radius 1 is 0.708 bits per heavy atom. The van der Waals surface area contributed by atoms with Crippen molar-refractivity contribution in [3.63, 3.8) is 0 Å². The van der Waals surface area contributed by atoms with Gasteiger partial charge in [0.25, 0.3) is 0 Å². The van der Waals surface area contributed by atoms with Gasteiger partial charge < -0.3 is 4.48 Å². The third-order valence-corrected chi connectivity index (χ3v) is 4.57. The van der Waals surface area contributed by atoms with Crippen LogP contribution in [0, 0.1) is 0 Å². The molecule has 0 amide bonds. The van der Waals surface area contributed by atoms with Gasteiger partial charge in [-0.15, -0.1) is 12.4 Å². The maximum Gasteiger partial charge on any atom is 2.00 e. The van der Waals surface area contributed by atoms with Crippen molar-refractivity contribution in [2.75, 3.05) is 20.6 Å². The van der Waals surface area contributed by atoms with Crippen molar-refractivity contribution in [1.29, 1.82) is 0 Å². The number of hydrogen-bond acceptors (Lipinski definition) is 0. The van der Waals surface area contributed by atoms with Gasteiger partial charge in [-0.1, -0.05) is 88.6 Å². The second-order valence-corrected chi connectivity index (χ2v) is 7.49. The molecule has 0 saturated carbocycles. The van der Waals surface area contributed by atoms with E-state index in [0.717, 1.165) is 11.0 Å². The Bertz CT molecular complexity index is 367. The predicted molar refractivity (Wildman–Crippen MR) is 112 cm³/mol. The van der Waals surface area contributed by atoms with Crippen molar-refractivity contribution < 1.29 is 4.48 Å². The Labute approximate surface area is 187 Å². The number of unbranched alkanes of at least 4 members (excludes halogenated alkanes) is 9. The minimum Gasteiger partial charge on any atom is -0.325 e. The topological polar surface area (TPSA) is 0 Å². The van der Waals surface area contributed by atoms with Crippen LogP contribution in [0.15, 0.2) is 30.3 Å². The maximum atomic E-state index is 2.36. The zero-order chi connectivity index (χ0) is 16.1. The van der Waals surface area contributed by atoms with E-state index in [1.54, 1.807) is 0 Å². The number of halogens is 1. The Morgan fingerprint density at radius 2 is 1.17 bits per heavy atom. The molecule has 0 heterocycles. The van der Waals surface area contributed by atoms with E-state index >= 15 is 0 Å². The Balaban J connectivity index is 0. The van der Waals surface area contributed by atoms with Crippen LogP contribution < -0.4 is 0 Å². The molecule has 1 aromatic rings. The first-order chi connectivity index (χ1) is 10.6. The normalized spacial score (nSPS) is 10.8. The summed E-state index contributed by atoms with van der Waals surface area (Å²) in [7, 11) is 4.72. The number of rotatable bonds is 13. The fourth-order valence-electron chi connectivity index (χ4n) is 3.18. The molecule has 0 saturated heterocycles. The summed E-state index contributed by atoms with van der Waals surface area (Å²) in [4.78, 5) is 0. The van der Waals surface area contributed by atoms with Gasteiger partial charge in [0.1, 0.15) is 6.54 Å². The maximum absolute atomic E-state index is 2.36. The standard InChI is InChI=1S/C21H38N.Ca.ClH/c1-4-5-6-7-8-9-10-11-12-16-19-22(2,3)20-21-17-14-13-15-18-21;;/h13-15,17-18H,4-12,16,19-20H2,1-3H3;;1H/q+1;+2;. The minimum absolute atomic E-state index is 0. The summed E-state index contributed by atoms with van der Waals surface area (Å²) < 4.78 is 1.11. The van der Waals surface area contributed by atoms with Gasteiger partial charge in [-0.05, 0) is 12.8 Å². The van der Waals surface area contributed by atoms with Crippen molar-refractivity contribution in [3.05, 3.63) is 35.9 Å². The van der Waals surface area contributed by atoms with Crippen LogP contribution in [0.1, 0.15) is 76.7 Å². The van der Waals surface area contributed by atoms with Gasteiger partial charge in [0, 0.05) is 5.56 Å². The zero-order valence-corrected chi connectivity index (χ0v) is 19.5. The van der Waals surface area contributed by atoms with Gasteiger partial charge in [0.05, 0.1) is 20.6 Å². The first-order valence-corrected chi connectivity index (χ1v) is 9.50. The molecule has 134 valence electrons. The smallest absolute Gasteiger partial charge is 0.325 e. The SMILES string of the molecule is CCCCCCCCCCCC[N+](C)(C)Cc1ccccc1.Cl.[Ca+2]. The van der Waals surface area contributed by atoms with E-state index < -0.39 is 0 Å². The van der Waals surface area contributed by atoms with Gasteiger partial charge >= 0.3 is 37.7 Å². The van der Waals surface area contributed by atoms with Crippen molar-refractivity contribution in [3.8, 4) is 0 Å². The first-order valence-electron chi connectivity index (χ1n) is 9.50. The summed E-state index contributed by atoms with van der Waals surface area (Å²) in [5.41, 5.74) is 1.46. The second-order valence-electron chi connectivity index (χ2n) is 7.49. The van der Waals surface area contributed by atoms with Gasteiger partial charge in [0.2, 0.25) is 0 Å².